The van der Waals surface area contributed by atoms with E-state index in [1.54, 1.807) is 0 Å². The summed E-state index contributed by atoms with van der Waals surface area (Å²) in [5, 5.41) is 15.6. The van der Waals surface area contributed by atoms with Gasteiger partial charge in [0.2, 0.25) is 0 Å². The maximum atomic E-state index is 12.9. The van der Waals surface area contributed by atoms with Crippen LogP contribution in [0.4, 0.5) is 5.69 Å². The lowest BCUT2D eigenvalue weighted by atomic mass is 9.91. The van der Waals surface area contributed by atoms with Gasteiger partial charge in [0, 0.05) is 42.6 Å². The normalized spacial score (nSPS) is 21.3. The minimum atomic E-state index is -1.13. The number of benzene rings is 2. The molecule has 4 aromatic rings. The number of carboxylic acids is 1. The Balaban J connectivity index is 1.53. The Kier molecular flexibility index (Phi) is 9.11. The van der Waals surface area contributed by atoms with Crippen LogP contribution in [0.15, 0.2) is 54.7 Å². The number of piperidine rings is 1. The number of aryl methyl sites for hydroxylation is 2. The van der Waals surface area contributed by atoms with E-state index in [-0.39, 0.29) is 11.7 Å². The van der Waals surface area contributed by atoms with E-state index >= 15 is 0 Å². The molecule has 2 aromatic heterocycles. The fourth-order valence-electron chi connectivity index (χ4n) is 6.93. The smallest absolute Gasteiger partial charge is 0.337 e. The number of aromatic nitrogens is 2. The minimum absolute atomic E-state index is 0.0789. The van der Waals surface area contributed by atoms with Crippen LogP contribution < -0.4 is 9.64 Å². The first-order chi connectivity index (χ1) is 22.3. The highest BCUT2D eigenvalue weighted by Gasteiger charge is 2.37. The lowest BCUT2D eigenvalue weighted by Gasteiger charge is -2.42. The average molecular weight is 640 g/mol. The van der Waals surface area contributed by atoms with E-state index in [2.05, 4.69) is 74.2 Å². The fourth-order valence-corrected chi connectivity index (χ4v) is 6.93. The van der Waals surface area contributed by atoms with Gasteiger partial charge in [0.1, 0.15) is 5.75 Å². The van der Waals surface area contributed by atoms with Crippen molar-refractivity contribution < 1.29 is 24.1 Å². The van der Waals surface area contributed by atoms with Gasteiger partial charge in [-0.25, -0.2) is 9.31 Å². The third kappa shape index (κ3) is 7.19. The summed E-state index contributed by atoms with van der Waals surface area (Å²) in [5.74, 6) is -0.127. The molecule has 47 heavy (non-hydrogen) atoms. The first kappa shape index (κ1) is 33.0. The van der Waals surface area contributed by atoms with Gasteiger partial charge >= 0.3 is 5.97 Å². The number of ether oxygens (including phenoxy) is 3. The highest BCUT2D eigenvalue weighted by atomic mass is 16.5. The van der Waals surface area contributed by atoms with E-state index in [1.165, 1.54) is 5.56 Å². The highest BCUT2D eigenvalue weighted by Crippen LogP contribution is 2.42. The SMILES string of the molecule is Cc1ccc2c(c1)-c1cccc(c1)-c1cc3c(c(C(OC(C)(C)C)C(=O)O)c(C)cn3n1)N1CCC(C)(CC1)OCCCCC(C)O2. The van der Waals surface area contributed by atoms with Crippen LogP contribution in [-0.4, -0.2) is 57.7 Å². The van der Waals surface area contributed by atoms with E-state index < -0.39 is 17.7 Å². The molecule has 1 fully saturated rings. The lowest BCUT2D eigenvalue weighted by Crippen LogP contribution is -2.45. The summed E-state index contributed by atoms with van der Waals surface area (Å²) in [4.78, 5) is 15.2. The van der Waals surface area contributed by atoms with Crippen molar-refractivity contribution in [2.75, 3.05) is 24.6 Å². The molecule has 2 atom stereocenters. The largest absolute Gasteiger partial charge is 0.490 e. The molecule has 8 nitrogen and oxygen atoms in total. The Hall–Kier alpha value is -3.88. The molecule has 0 spiro atoms. The van der Waals surface area contributed by atoms with Gasteiger partial charge in [-0.05, 0) is 116 Å². The van der Waals surface area contributed by atoms with Crippen LogP contribution in [0, 0.1) is 13.8 Å². The van der Waals surface area contributed by atoms with Gasteiger partial charge in [0.25, 0.3) is 0 Å². The molecule has 5 heterocycles. The second-order valence-corrected chi connectivity index (χ2v) is 14.7. The summed E-state index contributed by atoms with van der Waals surface area (Å²) >= 11 is 0. The van der Waals surface area contributed by atoms with E-state index in [1.807, 2.05) is 38.4 Å². The molecule has 3 aliphatic rings. The molecule has 2 aromatic carbocycles. The Labute approximate surface area is 278 Å². The molecule has 0 aliphatic carbocycles. The Bertz CT molecular complexity index is 1760. The molecule has 8 heteroatoms. The number of anilines is 1. The Morgan fingerprint density at radius 3 is 2.53 bits per heavy atom. The van der Waals surface area contributed by atoms with E-state index in [9.17, 15) is 9.90 Å². The fraction of sp³-hybridized carbons (Fsp3) is 0.487. The minimum Gasteiger partial charge on any atom is -0.490 e. The number of aliphatic carboxylic acids is 1. The second kappa shape index (κ2) is 13.0. The van der Waals surface area contributed by atoms with Gasteiger partial charge in [-0.15, -0.1) is 0 Å². The quantitative estimate of drug-likeness (QED) is 0.240. The van der Waals surface area contributed by atoms with Crippen molar-refractivity contribution in [3.8, 4) is 28.1 Å². The predicted octanol–water partition coefficient (Wildman–Crippen LogP) is 8.55. The first-order valence-corrected chi connectivity index (χ1v) is 17.0. The van der Waals surface area contributed by atoms with Crippen LogP contribution >= 0.6 is 0 Å². The lowest BCUT2D eigenvalue weighted by molar-refractivity contribution is -0.160. The number of carbonyl (C=O) groups is 1. The number of fused-ring (bicyclic) bond motifs is 8. The summed E-state index contributed by atoms with van der Waals surface area (Å²) in [6, 6.07) is 16.9. The molecule has 0 saturated carbocycles. The van der Waals surface area contributed by atoms with Crippen molar-refractivity contribution >= 4 is 17.2 Å². The van der Waals surface area contributed by atoms with Crippen LogP contribution in [0.25, 0.3) is 27.9 Å². The number of carboxylic acid groups (broad SMARTS) is 1. The number of hydrogen-bond acceptors (Lipinski definition) is 6. The molecule has 3 aliphatic heterocycles. The van der Waals surface area contributed by atoms with Crippen LogP contribution in [0.5, 0.6) is 5.75 Å². The average Bonchev–Trinajstić information content (AvgIpc) is 3.43. The van der Waals surface area contributed by atoms with Gasteiger partial charge in [-0.2, -0.15) is 5.10 Å². The van der Waals surface area contributed by atoms with Crippen LogP contribution in [0.3, 0.4) is 0 Å². The maximum Gasteiger partial charge on any atom is 0.337 e. The van der Waals surface area contributed by atoms with Crippen molar-refractivity contribution in [2.24, 2.45) is 0 Å². The molecule has 7 rings (SSSR count). The van der Waals surface area contributed by atoms with Crippen LogP contribution in [0.1, 0.15) is 89.5 Å². The third-order valence-electron chi connectivity index (χ3n) is 9.46. The number of hydrogen-bond donors (Lipinski definition) is 1. The van der Waals surface area contributed by atoms with Crippen molar-refractivity contribution in [1.29, 1.82) is 0 Å². The number of nitrogens with zero attached hydrogens (tertiary/aromatic N) is 3. The van der Waals surface area contributed by atoms with Gasteiger partial charge in [-0.3, -0.25) is 0 Å². The zero-order valence-electron chi connectivity index (χ0n) is 28.9. The van der Waals surface area contributed by atoms with Gasteiger partial charge < -0.3 is 24.2 Å². The zero-order chi connectivity index (χ0) is 33.5. The number of pyridine rings is 1. The predicted molar refractivity (Wildman–Crippen MR) is 186 cm³/mol. The summed E-state index contributed by atoms with van der Waals surface area (Å²) in [7, 11) is 0. The van der Waals surface area contributed by atoms with Gasteiger partial charge in [0.05, 0.1) is 34.2 Å². The summed E-state index contributed by atoms with van der Waals surface area (Å²) in [5.41, 5.74) is 7.42. The highest BCUT2D eigenvalue weighted by molar-refractivity contribution is 5.87. The first-order valence-electron chi connectivity index (χ1n) is 17.0. The van der Waals surface area contributed by atoms with E-state index in [4.69, 9.17) is 19.3 Å². The summed E-state index contributed by atoms with van der Waals surface area (Å²) < 4.78 is 21.2. The molecule has 1 N–H and O–H groups in total. The Morgan fingerprint density at radius 2 is 1.81 bits per heavy atom. The van der Waals surface area contributed by atoms with Crippen molar-refractivity contribution in [2.45, 2.75) is 104 Å². The molecule has 0 radical (unpaired) electrons. The van der Waals surface area contributed by atoms with E-state index in [0.29, 0.717) is 12.2 Å². The van der Waals surface area contributed by atoms with E-state index in [0.717, 1.165) is 90.1 Å². The van der Waals surface area contributed by atoms with Gasteiger partial charge in [0.15, 0.2) is 6.10 Å². The topological polar surface area (TPSA) is 85.5 Å². The molecular formula is C39H49N3O5. The van der Waals surface area contributed by atoms with Crippen molar-refractivity contribution in [1.82, 2.24) is 9.61 Å². The van der Waals surface area contributed by atoms with Gasteiger partial charge in [-0.1, -0.05) is 29.8 Å². The second-order valence-electron chi connectivity index (χ2n) is 14.7. The number of rotatable bonds is 3. The maximum absolute atomic E-state index is 12.9. The van der Waals surface area contributed by atoms with Crippen LogP contribution in [-0.2, 0) is 14.3 Å². The summed E-state index contributed by atoms with van der Waals surface area (Å²) in [6.45, 7) is 16.3. The van der Waals surface area contributed by atoms with Crippen molar-refractivity contribution in [3.05, 3.63) is 71.4 Å². The molecule has 1 saturated heterocycles. The third-order valence-corrected chi connectivity index (χ3v) is 9.46. The molecular weight excluding hydrogens is 590 g/mol. The summed E-state index contributed by atoms with van der Waals surface area (Å²) in [6.07, 6.45) is 5.50. The monoisotopic (exact) mass is 639 g/mol. The molecule has 2 unspecified atom stereocenters. The molecule has 0 amide bonds. The van der Waals surface area contributed by atoms with Crippen molar-refractivity contribution in [3.63, 3.8) is 0 Å². The molecule has 250 valence electrons. The standard InChI is InChI=1S/C39H49N3O5/c1-25-14-15-33-30(21-25)28-12-10-13-29(22-28)31-23-32-35(34(26(2)24-42(32)40-31)36(37(43)44)47-38(4,5)6)41-18-16-39(7,17-19-41)45-20-9-8-11-27(3)46-33/h10,12-15,21-24,27,36H,8-9,11,16-20H2,1-7H3,(H,43,44). The molecule has 6 bridgehead atoms. The zero-order valence-corrected chi connectivity index (χ0v) is 28.9. The van der Waals surface area contributed by atoms with Crippen LogP contribution in [0.2, 0.25) is 0 Å². The Morgan fingerprint density at radius 1 is 1.06 bits per heavy atom.